The molecule has 0 unspecified atom stereocenters. The Balaban J connectivity index is 0.000000290. The summed E-state index contributed by atoms with van der Waals surface area (Å²) in [5.41, 5.74) is 9.87. The van der Waals surface area contributed by atoms with Crippen LogP contribution in [0.5, 0.6) is 0 Å². The summed E-state index contributed by atoms with van der Waals surface area (Å²) in [5.74, 6) is 0.573. The monoisotopic (exact) mass is 784 g/mol. The number of rotatable bonds is 4. The van der Waals surface area contributed by atoms with Gasteiger partial charge in [0.25, 0.3) is 0 Å². The molecule has 0 aliphatic rings. The third-order valence-corrected chi connectivity index (χ3v) is 10.5. The molecule has 0 aromatic heterocycles. The van der Waals surface area contributed by atoms with Gasteiger partial charge in [0.2, 0.25) is 0 Å². The molecule has 5 heteroatoms. The molecule has 0 spiro atoms. The van der Waals surface area contributed by atoms with E-state index in [0.29, 0.717) is 5.92 Å². The van der Waals surface area contributed by atoms with Gasteiger partial charge in [-0.05, 0) is 28.0 Å². The molecule has 0 N–H and O–H groups in total. The summed E-state index contributed by atoms with van der Waals surface area (Å²) in [6, 6.07) is 40.7. The Kier molecular flexibility index (Phi) is 15.6. The number of fused-ring (bicyclic) bond motifs is 2. The molecular weight excluding hydrogens is 735 g/mol. The molecule has 0 aliphatic heterocycles. The number of benzene rings is 4. The van der Waals surface area contributed by atoms with E-state index in [4.69, 9.17) is 0 Å². The van der Waals surface area contributed by atoms with Crippen LogP contribution in [0, 0.1) is 6.92 Å². The summed E-state index contributed by atoms with van der Waals surface area (Å²) in [5, 5.41) is 6.95. The summed E-state index contributed by atoms with van der Waals surface area (Å²) in [7, 11) is -1.21. The van der Waals surface area contributed by atoms with E-state index in [1.165, 1.54) is 65.7 Å². The smallest absolute Gasteiger partial charge is 0.0775 e. The molecule has 0 heterocycles. The molecule has 0 atom stereocenters. The van der Waals surface area contributed by atoms with Crippen LogP contribution in [0.25, 0.3) is 43.8 Å². The van der Waals surface area contributed by atoms with Crippen LogP contribution in [0.1, 0.15) is 57.2 Å². The van der Waals surface area contributed by atoms with Gasteiger partial charge in [0.15, 0.2) is 0 Å². The first kappa shape index (κ1) is 42.2. The normalized spacial score (nSPS) is 11.2. The van der Waals surface area contributed by atoms with E-state index in [1.54, 1.807) is 23.3 Å². The molecule has 0 radical (unpaired) electrons. The fraction of sp³-hybridized carbons (Fsp3) is 0.302. The van der Waals surface area contributed by atoms with E-state index in [1.807, 2.05) is 0 Å². The first-order valence-electron chi connectivity index (χ1n) is 16.6. The Bertz CT molecular complexity index is 1910. The minimum atomic E-state index is -1.21. The van der Waals surface area contributed by atoms with Gasteiger partial charge in [0.05, 0.1) is 8.07 Å². The number of hydrogen-bond acceptors (Lipinski definition) is 0. The van der Waals surface area contributed by atoms with Crippen molar-refractivity contribution in [3.8, 4) is 22.3 Å². The van der Waals surface area contributed by atoms with Crippen molar-refractivity contribution in [2.75, 3.05) is 0 Å². The van der Waals surface area contributed by atoms with Crippen LogP contribution in [-0.4, -0.2) is 13.5 Å². The number of aryl methyl sites for hydroxylation is 1. The maximum absolute atomic E-state index is 2.39. The molecule has 0 saturated heterocycles. The third-order valence-electron chi connectivity index (χ3n) is 8.46. The van der Waals surface area contributed by atoms with Crippen LogP contribution < -0.4 is 30.0 Å². The van der Waals surface area contributed by atoms with Crippen molar-refractivity contribution in [1.82, 2.24) is 0 Å². The summed E-state index contributed by atoms with van der Waals surface area (Å²) >= 11 is 1.74. The minimum absolute atomic E-state index is 0. The summed E-state index contributed by atoms with van der Waals surface area (Å²) < 4.78 is 0. The quantitative estimate of drug-likeness (QED) is 0.141. The van der Waals surface area contributed by atoms with E-state index in [2.05, 4.69) is 183 Å². The molecule has 0 fully saturated rings. The largest absolute Gasteiger partial charge is 1.00 e. The van der Waals surface area contributed by atoms with Gasteiger partial charge in [-0.1, -0.05) is 138 Å². The zero-order chi connectivity index (χ0) is 33.8. The fourth-order valence-electron chi connectivity index (χ4n) is 5.78. The predicted octanol–water partition coefficient (Wildman–Crippen LogP) is 6.52. The maximum atomic E-state index is 2.39. The minimum Gasteiger partial charge on any atom is -1.00 e. The standard InChI is InChI=1S/C22H25.C19H21Si.C2H6Si.2ClH.Zr/c1-15(2)18-13-17-7-6-8-20(21(17)14-18)16-9-11-19(12-10-16)22(3,4)5;1-14-12-16-6-5-7-18(19(16)13-14)15-8-10-17(11-9-15)20(2,3)4;1-3-2;;;/h6-15H,1-5H3;5-13H,1-4H3;1-2H3;2*1H;/q2*-1;;;;+2/p-2. The van der Waals surface area contributed by atoms with Gasteiger partial charge in [-0.25, -0.2) is 0 Å². The van der Waals surface area contributed by atoms with Crippen LogP contribution in [-0.2, 0) is 28.8 Å². The summed E-state index contributed by atoms with van der Waals surface area (Å²) in [6.07, 6.45) is 0. The second-order valence-electron chi connectivity index (χ2n) is 15.2. The maximum Gasteiger partial charge on any atom is 0.0775 e. The first-order chi connectivity index (χ1) is 21.5. The predicted molar refractivity (Wildman–Crippen MR) is 208 cm³/mol. The number of hydrogen-bond donors (Lipinski definition) is 0. The summed E-state index contributed by atoms with van der Waals surface area (Å²) in [6.45, 7) is 25.2. The van der Waals surface area contributed by atoms with Crippen LogP contribution >= 0.6 is 0 Å². The Morgan fingerprint density at radius 2 is 1.10 bits per heavy atom. The van der Waals surface area contributed by atoms with Gasteiger partial charge in [-0.3, -0.25) is 0 Å². The van der Waals surface area contributed by atoms with Crippen molar-refractivity contribution in [2.24, 2.45) is 0 Å². The van der Waals surface area contributed by atoms with Gasteiger partial charge in [-0.2, -0.15) is 12.1 Å². The first-order valence-corrected chi connectivity index (χ1v) is 26.3. The molecule has 6 rings (SSSR count). The fourth-order valence-corrected chi connectivity index (χ4v) is 6.95. The second kappa shape index (κ2) is 17.8. The Labute approximate surface area is 319 Å². The van der Waals surface area contributed by atoms with Gasteiger partial charge in [-0.15, -0.1) is 69.1 Å². The molecule has 48 heavy (non-hydrogen) atoms. The number of halogens is 2. The van der Waals surface area contributed by atoms with Crippen molar-refractivity contribution in [1.29, 1.82) is 0 Å². The molecular formula is C43H52Cl2Si2Zr-2. The van der Waals surface area contributed by atoms with Crippen molar-refractivity contribution < 1.29 is 48.1 Å². The Morgan fingerprint density at radius 3 is 1.54 bits per heavy atom. The molecule has 0 nitrogen and oxygen atoms in total. The molecule has 0 aliphatic carbocycles. The summed E-state index contributed by atoms with van der Waals surface area (Å²) in [4.78, 5) is 0. The van der Waals surface area contributed by atoms with Gasteiger partial charge < -0.3 is 24.8 Å². The van der Waals surface area contributed by atoms with Crippen molar-refractivity contribution >= 4 is 40.2 Å². The van der Waals surface area contributed by atoms with Gasteiger partial charge in [0.1, 0.15) is 0 Å². The van der Waals surface area contributed by atoms with Crippen molar-refractivity contribution in [2.45, 2.75) is 85.6 Å². The van der Waals surface area contributed by atoms with Crippen LogP contribution in [0.2, 0.25) is 32.7 Å². The van der Waals surface area contributed by atoms with Crippen molar-refractivity contribution in [3.63, 3.8) is 0 Å². The zero-order valence-corrected chi connectivity index (χ0v) is 36.7. The van der Waals surface area contributed by atoms with Crippen molar-refractivity contribution in [3.05, 3.63) is 126 Å². The average molecular weight is 787 g/mol. The van der Waals surface area contributed by atoms with E-state index >= 15 is 0 Å². The molecule has 0 amide bonds. The van der Waals surface area contributed by atoms with Gasteiger partial charge >= 0.3 is 41.9 Å². The topological polar surface area (TPSA) is 0 Å². The van der Waals surface area contributed by atoms with Crippen LogP contribution in [0.15, 0.2) is 109 Å². The van der Waals surface area contributed by atoms with Crippen LogP contribution in [0.3, 0.4) is 0 Å². The van der Waals surface area contributed by atoms with Gasteiger partial charge in [0, 0.05) is 0 Å². The van der Waals surface area contributed by atoms with Crippen LogP contribution in [0.4, 0.5) is 0 Å². The third kappa shape index (κ3) is 11.0. The average Bonchev–Trinajstić information content (AvgIpc) is 3.59. The van der Waals surface area contributed by atoms with E-state index in [-0.39, 0.29) is 35.7 Å². The molecule has 252 valence electrons. The van der Waals surface area contributed by atoms with E-state index in [0.717, 1.165) is 0 Å². The molecule has 0 bridgehead atoms. The zero-order valence-electron chi connectivity index (χ0n) is 30.7. The SMILES string of the molecule is CC(C)c1cc2c(-c3ccc(C(C)(C)C)cc3)cccc2[cH-]1.C[Si](C)=[Zr+2].Cc1cc2c(-c3ccc([Si](C)(C)C)cc3)cccc2[cH-]1.[Cl-].[Cl-]. The Hall–Kier alpha value is -2.00. The molecule has 6 aromatic carbocycles. The Morgan fingerprint density at radius 1 is 0.667 bits per heavy atom. The van der Waals surface area contributed by atoms with E-state index < -0.39 is 8.07 Å². The molecule has 6 aromatic rings. The van der Waals surface area contributed by atoms with E-state index in [9.17, 15) is 0 Å². The molecule has 0 saturated carbocycles. The second-order valence-corrected chi connectivity index (χ2v) is 29.7.